The van der Waals surface area contributed by atoms with Gasteiger partial charge < -0.3 is 25.2 Å². The minimum Gasteiger partial charge on any atom is -0.396 e. The first-order valence-electron chi connectivity index (χ1n) is 14.8. The molecular formula is C31H60O5. The molecule has 0 heterocycles. The van der Waals surface area contributed by atoms with Crippen LogP contribution in [0.25, 0.3) is 0 Å². The van der Waals surface area contributed by atoms with E-state index in [2.05, 4.69) is 19.1 Å². The monoisotopic (exact) mass is 512 g/mol. The lowest BCUT2D eigenvalue weighted by atomic mass is 10.0. The van der Waals surface area contributed by atoms with E-state index in [0.717, 1.165) is 19.6 Å². The van der Waals surface area contributed by atoms with Gasteiger partial charge in [0.2, 0.25) is 0 Å². The summed E-state index contributed by atoms with van der Waals surface area (Å²) in [4.78, 5) is 0. The smallest absolute Gasteiger partial charge is 0.100 e. The number of aliphatic hydroxyl groups is 4. The molecule has 4 N–H and O–H groups in total. The average molecular weight is 513 g/mol. The molecule has 0 aliphatic rings. The molecule has 0 aliphatic carbocycles. The maximum absolute atomic E-state index is 8.68. The third-order valence-corrected chi connectivity index (χ3v) is 6.00. The molecule has 0 fully saturated rings. The van der Waals surface area contributed by atoms with Gasteiger partial charge in [-0.05, 0) is 18.9 Å². The van der Waals surface area contributed by atoms with Crippen molar-refractivity contribution in [3.05, 3.63) is 35.9 Å². The fraction of sp³-hybridized carbons (Fsp3) is 0.806. The van der Waals surface area contributed by atoms with Crippen LogP contribution in [0.4, 0.5) is 0 Å². The maximum Gasteiger partial charge on any atom is 0.100 e. The van der Waals surface area contributed by atoms with E-state index in [0.29, 0.717) is 6.61 Å². The Hall–Kier alpha value is -0.980. The molecule has 0 bridgehead atoms. The second-order valence-electron chi connectivity index (χ2n) is 9.52. The molecule has 0 spiro atoms. The highest BCUT2D eigenvalue weighted by molar-refractivity contribution is 5.13. The molecule has 1 aromatic rings. The summed E-state index contributed by atoms with van der Waals surface area (Å²) in [6.45, 7) is 5.45. The van der Waals surface area contributed by atoms with Crippen LogP contribution in [0.15, 0.2) is 30.3 Å². The number of unbranched alkanes of at least 4 members (excludes halogenated alkanes) is 16. The van der Waals surface area contributed by atoms with Crippen LogP contribution in [0.2, 0.25) is 0 Å². The van der Waals surface area contributed by atoms with Crippen LogP contribution in [0, 0.1) is 0 Å². The molecule has 36 heavy (non-hydrogen) atoms. The molecule has 5 nitrogen and oxygen atoms in total. The highest BCUT2D eigenvalue weighted by Gasteiger charge is 1.95. The summed E-state index contributed by atoms with van der Waals surface area (Å²) in [5.41, 5.74) is 1.24. The molecule has 0 atom stereocenters. The molecule has 0 saturated carbocycles. The molecular weight excluding hydrogens is 452 g/mol. The Morgan fingerprint density at radius 2 is 0.972 bits per heavy atom. The van der Waals surface area contributed by atoms with E-state index in [4.69, 9.17) is 25.2 Å². The quantitative estimate of drug-likeness (QED) is 0.123. The first-order valence-corrected chi connectivity index (χ1v) is 14.8. The minimum absolute atomic E-state index is 0.365. The summed E-state index contributed by atoms with van der Waals surface area (Å²) in [6.07, 6.45) is 22.7. The third-order valence-electron chi connectivity index (χ3n) is 6.00. The number of benzene rings is 1. The number of aliphatic hydroxyl groups excluding tert-OH is 4. The Balaban J connectivity index is 0. The molecule has 0 amide bonds. The lowest BCUT2D eigenvalue weighted by Gasteiger charge is -2.03. The Morgan fingerprint density at radius 1 is 0.583 bits per heavy atom. The normalized spacial score (nSPS) is 10.5. The molecule has 214 valence electrons. The molecule has 0 aromatic heterocycles. The SMILES string of the molecule is CCCCCCCCCCCCCCCCCCCO.CCOCc1ccccc1.OCC(O)CO. The van der Waals surface area contributed by atoms with Crippen LogP contribution >= 0.6 is 0 Å². The van der Waals surface area contributed by atoms with Crippen molar-refractivity contribution in [2.24, 2.45) is 0 Å². The number of hydrogen-bond acceptors (Lipinski definition) is 5. The van der Waals surface area contributed by atoms with E-state index in [-0.39, 0.29) is 13.2 Å². The van der Waals surface area contributed by atoms with Gasteiger partial charge in [-0.1, -0.05) is 140 Å². The van der Waals surface area contributed by atoms with Crippen LogP contribution in [0.1, 0.15) is 129 Å². The van der Waals surface area contributed by atoms with Crippen LogP contribution in [-0.2, 0) is 11.3 Å². The Morgan fingerprint density at radius 3 is 1.28 bits per heavy atom. The average Bonchev–Trinajstić information content (AvgIpc) is 2.92. The highest BCUT2D eigenvalue weighted by Crippen LogP contribution is 2.13. The number of ether oxygens (including phenoxy) is 1. The van der Waals surface area contributed by atoms with Crippen LogP contribution < -0.4 is 0 Å². The molecule has 1 aromatic carbocycles. The van der Waals surface area contributed by atoms with E-state index in [1.807, 2.05) is 25.1 Å². The van der Waals surface area contributed by atoms with Crippen molar-refractivity contribution in [2.45, 2.75) is 136 Å². The van der Waals surface area contributed by atoms with Crippen LogP contribution in [-0.4, -0.2) is 53.0 Å². The summed E-state index contributed by atoms with van der Waals surface area (Å²) < 4.78 is 5.22. The fourth-order valence-corrected chi connectivity index (χ4v) is 3.69. The summed E-state index contributed by atoms with van der Waals surface area (Å²) in [5.74, 6) is 0. The lowest BCUT2D eigenvalue weighted by molar-refractivity contribution is 0.0450. The van der Waals surface area contributed by atoms with Gasteiger partial charge in [-0.2, -0.15) is 0 Å². The Bertz CT molecular complexity index is 461. The molecule has 0 saturated heterocycles. The van der Waals surface area contributed by atoms with Crippen molar-refractivity contribution in [3.8, 4) is 0 Å². The minimum atomic E-state index is -0.954. The van der Waals surface area contributed by atoms with Gasteiger partial charge in [0, 0.05) is 13.2 Å². The second-order valence-corrected chi connectivity index (χ2v) is 9.52. The zero-order chi connectivity index (χ0) is 27.0. The van der Waals surface area contributed by atoms with Gasteiger partial charge in [-0.25, -0.2) is 0 Å². The number of hydrogen-bond donors (Lipinski definition) is 4. The van der Waals surface area contributed by atoms with Crippen LogP contribution in [0.5, 0.6) is 0 Å². The molecule has 1 rings (SSSR count). The van der Waals surface area contributed by atoms with Crippen molar-refractivity contribution in [1.82, 2.24) is 0 Å². The summed E-state index contributed by atoms with van der Waals surface area (Å²) in [6, 6.07) is 10.2. The van der Waals surface area contributed by atoms with E-state index in [9.17, 15) is 0 Å². The maximum atomic E-state index is 8.68. The first kappa shape index (κ1) is 37.2. The van der Waals surface area contributed by atoms with Gasteiger partial charge in [-0.15, -0.1) is 0 Å². The first-order chi connectivity index (χ1) is 17.7. The predicted molar refractivity (Wildman–Crippen MR) is 153 cm³/mol. The molecule has 5 heteroatoms. The fourth-order valence-electron chi connectivity index (χ4n) is 3.69. The second kappa shape index (κ2) is 34.0. The predicted octanol–water partition coefficient (Wildman–Crippen LogP) is 7.19. The van der Waals surface area contributed by atoms with Crippen molar-refractivity contribution in [1.29, 1.82) is 0 Å². The molecule has 0 aliphatic heterocycles. The zero-order valence-electron chi connectivity index (χ0n) is 23.7. The molecule has 0 unspecified atom stereocenters. The largest absolute Gasteiger partial charge is 0.396 e. The Kier molecular flexibility index (Phi) is 35.1. The summed E-state index contributed by atoms with van der Waals surface area (Å²) >= 11 is 0. The topological polar surface area (TPSA) is 90.2 Å². The van der Waals surface area contributed by atoms with Crippen molar-refractivity contribution >= 4 is 0 Å². The highest BCUT2D eigenvalue weighted by atomic mass is 16.5. The van der Waals surface area contributed by atoms with Gasteiger partial charge in [0.05, 0.1) is 19.8 Å². The zero-order valence-corrected chi connectivity index (χ0v) is 23.7. The van der Waals surface area contributed by atoms with Crippen LogP contribution in [0.3, 0.4) is 0 Å². The van der Waals surface area contributed by atoms with Gasteiger partial charge in [0.15, 0.2) is 0 Å². The van der Waals surface area contributed by atoms with E-state index in [1.54, 1.807) is 0 Å². The van der Waals surface area contributed by atoms with Crippen molar-refractivity contribution in [2.75, 3.05) is 26.4 Å². The van der Waals surface area contributed by atoms with Crippen molar-refractivity contribution < 1.29 is 25.2 Å². The standard InChI is InChI=1S/C19H40O.C9H12O.C3H8O3/c1-2-3-4-5-6-7-8-9-10-11-12-13-14-15-16-17-18-19-20;1-2-10-8-9-6-4-3-5-7-9;4-1-3(6)2-5/h20H,2-19H2,1H3;3-7H,2,8H2,1H3;3-6H,1-2H2. The summed E-state index contributed by atoms with van der Waals surface area (Å²) in [7, 11) is 0. The van der Waals surface area contributed by atoms with Crippen molar-refractivity contribution in [3.63, 3.8) is 0 Å². The summed E-state index contributed by atoms with van der Waals surface area (Å²) in [5, 5.41) is 32.7. The Labute approximate surface area is 223 Å². The van der Waals surface area contributed by atoms with E-state index >= 15 is 0 Å². The van der Waals surface area contributed by atoms with Gasteiger partial charge in [0.25, 0.3) is 0 Å². The third kappa shape index (κ3) is 33.0. The van der Waals surface area contributed by atoms with E-state index < -0.39 is 6.10 Å². The number of rotatable bonds is 22. The molecule has 0 radical (unpaired) electrons. The van der Waals surface area contributed by atoms with Gasteiger partial charge in [-0.3, -0.25) is 0 Å². The lowest BCUT2D eigenvalue weighted by Crippen LogP contribution is -2.15. The van der Waals surface area contributed by atoms with E-state index in [1.165, 1.54) is 108 Å². The van der Waals surface area contributed by atoms with Gasteiger partial charge in [0.1, 0.15) is 6.10 Å². The van der Waals surface area contributed by atoms with Gasteiger partial charge >= 0.3 is 0 Å².